The van der Waals surface area contributed by atoms with Gasteiger partial charge in [-0.05, 0) is 39.8 Å². The highest BCUT2D eigenvalue weighted by molar-refractivity contribution is 7.92. The third-order valence-electron chi connectivity index (χ3n) is 2.65. The van der Waals surface area contributed by atoms with Crippen LogP contribution in [0.25, 0.3) is 0 Å². The molecule has 0 fully saturated rings. The molecule has 0 amide bonds. The second kappa shape index (κ2) is 7.63. The zero-order chi connectivity index (χ0) is 18.5. The van der Waals surface area contributed by atoms with Crippen molar-refractivity contribution in [1.29, 1.82) is 0 Å². The quantitative estimate of drug-likeness (QED) is 0.579. The lowest BCUT2D eigenvalue weighted by Gasteiger charge is -2.21. The van der Waals surface area contributed by atoms with Crippen LogP contribution in [0.15, 0.2) is 18.2 Å². The van der Waals surface area contributed by atoms with Crippen molar-refractivity contribution >= 4 is 27.6 Å². The van der Waals surface area contributed by atoms with Crippen molar-refractivity contribution in [3.05, 3.63) is 23.8 Å². The second-order valence-corrected chi connectivity index (χ2v) is 7.90. The molecule has 0 spiro atoms. The average molecular weight is 358 g/mol. The normalized spacial score (nSPS) is 11.7. The molecule has 1 aromatic rings. The maximum Gasteiger partial charge on any atom is 0.340 e. The lowest BCUT2D eigenvalue weighted by molar-refractivity contribution is -0.132. The molecule has 0 saturated heterocycles. The first kappa shape index (κ1) is 19.9. The van der Waals surface area contributed by atoms with Gasteiger partial charge in [-0.15, -0.1) is 0 Å². The predicted molar refractivity (Wildman–Crippen MR) is 89.4 cm³/mol. The number of sulfonamides is 1. The van der Waals surface area contributed by atoms with Crippen LogP contribution in [-0.4, -0.2) is 38.3 Å². The van der Waals surface area contributed by atoms with Crippen molar-refractivity contribution in [2.75, 3.05) is 17.0 Å². The van der Waals surface area contributed by atoms with E-state index < -0.39 is 27.6 Å². The third-order valence-corrected chi connectivity index (χ3v) is 3.94. The zero-order valence-electron chi connectivity index (χ0n) is 14.1. The van der Waals surface area contributed by atoms with E-state index in [1.54, 1.807) is 20.8 Å². The van der Waals surface area contributed by atoms with E-state index in [1.165, 1.54) is 25.1 Å². The fourth-order valence-electron chi connectivity index (χ4n) is 1.60. The first-order valence-electron chi connectivity index (χ1n) is 7.26. The number of carbonyl (C=O) groups is 2. The molecule has 134 valence electrons. The Morgan fingerprint density at radius 3 is 2.38 bits per heavy atom. The van der Waals surface area contributed by atoms with E-state index in [4.69, 9.17) is 15.2 Å². The summed E-state index contributed by atoms with van der Waals surface area (Å²) in [6, 6.07) is 3.91. The van der Waals surface area contributed by atoms with Crippen molar-refractivity contribution in [3.8, 4) is 5.75 Å². The van der Waals surface area contributed by atoms with Crippen LogP contribution in [-0.2, 0) is 19.6 Å². The molecule has 0 heterocycles. The highest BCUT2D eigenvalue weighted by Crippen LogP contribution is 2.26. The molecule has 8 nitrogen and oxygen atoms in total. The highest BCUT2D eigenvalue weighted by Gasteiger charge is 2.23. The summed E-state index contributed by atoms with van der Waals surface area (Å²) in [5.41, 5.74) is 4.40. The van der Waals surface area contributed by atoms with Gasteiger partial charge < -0.3 is 15.2 Å². The van der Waals surface area contributed by atoms with Crippen LogP contribution in [0.1, 0.15) is 38.1 Å². The number of anilines is 1. The summed E-state index contributed by atoms with van der Waals surface area (Å²) >= 11 is 0. The van der Waals surface area contributed by atoms with Gasteiger partial charge >= 0.3 is 11.9 Å². The van der Waals surface area contributed by atoms with Gasteiger partial charge in [0.1, 0.15) is 11.4 Å². The lowest BCUT2D eigenvalue weighted by atomic mass is 10.1. The Balaban J connectivity index is 3.26. The van der Waals surface area contributed by atoms with Crippen LogP contribution in [0.4, 0.5) is 5.69 Å². The van der Waals surface area contributed by atoms with Gasteiger partial charge in [0.2, 0.25) is 10.0 Å². The molecular formula is C15H22N2O6S. The van der Waals surface area contributed by atoms with E-state index >= 15 is 0 Å². The summed E-state index contributed by atoms with van der Waals surface area (Å²) < 4.78 is 36.1. The van der Waals surface area contributed by atoms with Gasteiger partial charge in [-0.1, -0.05) is 0 Å². The van der Waals surface area contributed by atoms with Gasteiger partial charge in [-0.25, -0.2) is 13.2 Å². The van der Waals surface area contributed by atoms with Crippen molar-refractivity contribution in [1.82, 2.24) is 0 Å². The van der Waals surface area contributed by atoms with Crippen LogP contribution in [0, 0.1) is 0 Å². The van der Waals surface area contributed by atoms with Crippen LogP contribution < -0.4 is 15.2 Å². The molecular weight excluding hydrogens is 336 g/mol. The van der Waals surface area contributed by atoms with Crippen molar-refractivity contribution < 1.29 is 27.5 Å². The van der Waals surface area contributed by atoms with Crippen molar-refractivity contribution in [2.24, 2.45) is 5.73 Å². The summed E-state index contributed by atoms with van der Waals surface area (Å²) in [7, 11) is -3.65. The Morgan fingerprint density at radius 1 is 1.25 bits per heavy atom. The monoisotopic (exact) mass is 358 g/mol. The third kappa shape index (κ3) is 6.17. The van der Waals surface area contributed by atoms with Gasteiger partial charge in [0.05, 0.1) is 23.5 Å². The number of hydrogen-bond acceptors (Lipinski definition) is 7. The minimum Gasteiger partial charge on any atom is -0.456 e. The summed E-state index contributed by atoms with van der Waals surface area (Å²) in [6.45, 7) is 6.20. The molecule has 0 unspecified atom stereocenters. The molecule has 0 radical (unpaired) electrons. The fourth-order valence-corrected chi connectivity index (χ4v) is 2.24. The number of esters is 2. The Morgan fingerprint density at radius 2 is 1.88 bits per heavy atom. The van der Waals surface area contributed by atoms with E-state index in [0.29, 0.717) is 0 Å². The molecule has 0 aromatic heterocycles. The molecule has 3 N–H and O–H groups in total. The Labute approximate surface area is 141 Å². The van der Waals surface area contributed by atoms with Crippen molar-refractivity contribution in [2.45, 2.75) is 33.3 Å². The first-order valence-corrected chi connectivity index (χ1v) is 8.91. The summed E-state index contributed by atoms with van der Waals surface area (Å²) in [6.07, 6.45) is 0. The van der Waals surface area contributed by atoms with Gasteiger partial charge in [-0.3, -0.25) is 9.52 Å². The number of hydrogen-bond donors (Lipinski definition) is 2. The minimum atomic E-state index is -3.65. The molecule has 0 aliphatic carbocycles. The predicted octanol–water partition coefficient (Wildman–Crippen LogP) is 1.27. The summed E-state index contributed by atoms with van der Waals surface area (Å²) in [5.74, 6) is -1.52. The lowest BCUT2D eigenvalue weighted by Crippen LogP contribution is -2.25. The molecule has 1 aromatic carbocycles. The number of nitrogens with two attached hydrogens (primary N) is 1. The molecule has 0 atom stereocenters. The van der Waals surface area contributed by atoms with E-state index in [0.717, 1.165) is 0 Å². The molecule has 24 heavy (non-hydrogen) atoms. The highest BCUT2D eigenvalue weighted by atomic mass is 32.2. The Hall–Kier alpha value is -2.13. The number of rotatable bonds is 6. The number of ether oxygens (including phenoxy) is 2. The van der Waals surface area contributed by atoms with E-state index in [1.807, 2.05) is 0 Å². The molecule has 0 aliphatic heterocycles. The van der Waals surface area contributed by atoms with Gasteiger partial charge in [0.15, 0.2) is 0 Å². The number of benzene rings is 1. The SMILES string of the molecule is CCS(=O)(=O)Nc1cc(OC(=O)CN)ccc1C(=O)OC(C)(C)C. The van der Waals surface area contributed by atoms with E-state index in [-0.39, 0.29) is 29.3 Å². The molecule has 0 aliphatic rings. The smallest absolute Gasteiger partial charge is 0.340 e. The van der Waals surface area contributed by atoms with Crippen LogP contribution >= 0.6 is 0 Å². The second-order valence-electron chi connectivity index (χ2n) is 5.89. The fraction of sp³-hybridized carbons (Fsp3) is 0.467. The van der Waals surface area contributed by atoms with E-state index in [9.17, 15) is 18.0 Å². The van der Waals surface area contributed by atoms with Crippen molar-refractivity contribution in [3.63, 3.8) is 0 Å². The van der Waals surface area contributed by atoms with Gasteiger partial charge in [0, 0.05) is 6.07 Å². The average Bonchev–Trinajstić information content (AvgIpc) is 2.45. The Bertz CT molecular complexity index is 722. The maximum absolute atomic E-state index is 12.3. The Kier molecular flexibility index (Phi) is 6.33. The van der Waals surface area contributed by atoms with Crippen LogP contribution in [0.2, 0.25) is 0 Å². The molecule has 0 bridgehead atoms. The first-order chi connectivity index (χ1) is 11.0. The standard InChI is InChI=1S/C15H22N2O6S/c1-5-24(20,21)17-12-8-10(22-13(18)9-16)6-7-11(12)14(19)23-15(2,3)4/h6-8,17H,5,9,16H2,1-4H3. The molecule has 1 rings (SSSR count). The largest absolute Gasteiger partial charge is 0.456 e. The summed E-state index contributed by atoms with van der Waals surface area (Å²) in [5, 5.41) is 0. The van der Waals surface area contributed by atoms with Crippen LogP contribution in [0.5, 0.6) is 5.75 Å². The maximum atomic E-state index is 12.3. The number of nitrogens with one attached hydrogen (secondary N) is 1. The minimum absolute atomic E-state index is 0.00879. The topological polar surface area (TPSA) is 125 Å². The number of carbonyl (C=O) groups excluding carboxylic acids is 2. The van der Waals surface area contributed by atoms with Gasteiger partial charge in [-0.2, -0.15) is 0 Å². The van der Waals surface area contributed by atoms with Crippen LogP contribution in [0.3, 0.4) is 0 Å². The van der Waals surface area contributed by atoms with E-state index in [2.05, 4.69) is 4.72 Å². The van der Waals surface area contributed by atoms with Gasteiger partial charge in [0.25, 0.3) is 0 Å². The zero-order valence-corrected chi connectivity index (χ0v) is 14.9. The summed E-state index contributed by atoms with van der Waals surface area (Å²) in [4.78, 5) is 23.5. The molecule has 0 saturated carbocycles. The molecule has 9 heteroatoms.